The van der Waals surface area contributed by atoms with Crippen molar-refractivity contribution in [2.24, 2.45) is 16.7 Å². The number of Topliss-reactive ketones (excluding diaryl/α,β-unsaturated/α-hetero) is 1. The van der Waals surface area contributed by atoms with Crippen LogP contribution < -0.4 is 0 Å². The van der Waals surface area contributed by atoms with E-state index in [1.54, 1.807) is 41.3 Å². The monoisotopic (exact) mass is 1250 g/mol. The Bertz CT molecular complexity index is 2590. The third-order valence-corrected chi connectivity index (χ3v) is 21.7. The van der Waals surface area contributed by atoms with Gasteiger partial charge in [0.05, 0.1) is 67.0 Å². The summed E-state index contributed by atoms with van der Waals surface area (Å²) in [6.07, 6.45) is -10.3. The molecule has 7 N–H and O–H groups in total. The van der Waals surface area contributed by atoms with Crippen LogP contribution in [0.25, 0.3) is 6.08 Å². The first-order valence-electron chi connectivity index (χ1n) is 31.4. The van der Waals surface area contributed by atoms with Crippen molar-refractivity contribution in [2.75, 3.05) is 35.0 Å². The normalized spacial score (nSPS) is 48.9. The van der Waals surface area contributed by atoms with E-state index >= 15 is 0 Å². The summed E-state index contributed by atoms with van der Waals surface area (Å²) in [7, 11) is 6.34. The molecular weight excluding hydrogens is 1150 g/mol. The van der Waals surface area contributed by atoms with E-state index in [1.807, 2.05) is 57.2 Å². The maximum Gasteiger partial charge on any atom is 0.331 e. The molecule has 29 atom stereocenters. The topological polar surface area (TPSA) is 314 Å². The lowest BCUT2D eigenvalue weighted by Gasteiger charge is -2.67. The number of hydrogen-bond donors (Lipinski definition) is 7. The third kappa shape index (κ3) is 12.4. The average Bonchev–Trinajstić information content (AvgIpc) is 1.35. The fourth-order valence-corrected chi connectivity index (χ4v) is 16.5. The van der Waals surface area contributed by atoms with Gasteiger partial charge in [-0.05, 0) is 104 Å². The smallest absolute Gasteiger partial charge is 0.331 e. The van der Waals surface area contributed by atoms with Gasteiger partial charge in [-0.3, -0.25) is 4.79 Å². The Hall–Kier alpha value is -3.00. The number of aliphatic hydroxyl groups is 7. The molecule has 88 heavy (non-hydrogen) atoms. The summed E-state index contributed by atoms with van der Waals surface area (Å²) in [4.78, 5) is 27.0. The lowest BCUT2D eigenvalue weighted by molar-refractivity contribution is -0.358. The van der Waals surface area contributed by atoms with E-state index in [4.69, 9.17) is 71.1 Å². The second-order valence-corrected chi connectivity index (χ2v) is 26.4. The molecular formula is C64H96O24. The van der Waals surface area contributed by atoms with E-state index in [0.717, 1.165) is 11.1 Å². The van der Waals surface area contributed by atoms with Crippen LogP contribution in [0.5, 0.6) is 0 Å². The van der Waals surface area contributed by atoms with E-state index in [-0.39, 0.29) is 38.2 Å². The van der Waals surface area contributed by atoms with Gasteiger partial charge in [-0.2, -0.15) is 0 Å². The van der Waals surface area contributed by atoms with Crippen LogP contribution in [0.1, 0.15) is 125 Å². The van der Waals surface area contributed by atoms with E-state index in [0.29, 0.717) is 38.5 Å². The van der Waals surface area contributed by atoms with Gasteiger partial charge in [-0.1, -0.05) is 48.9 Å². The molecule has 3 saturated carbocycles. The highest BCUT2D eigenvalue weighted by Crippen LogP contribution is 2.71. The maximum absolute atomic E-state index is 13.7. The summed E-state index contributed by atoms with van der Waals surface area (Å²) < 4.78 is 94.3. The van der Waals surface area contributed by atoms with Crippen molar-refractivity contribution in [1.82, 2.24) is 0 Å². The summed E-state index contributed by atoms with van der Waals surface area (Å²) >= 11 is 0. The summed E-state index contributed by atoms with van der Waals surface area (Å²) in [6.45, 7) is 11.8. The number of ketones is 1. The van der Waals surface area contributed by atoms with Gasteiger partial charge >= 0.3 is 5.97 Å². The highest BCUT2D eigenvalue weighted by Gasteiger charge is 2.81. The number of carbonyl (C=O) groups excluding carboxylic acids is 2. The molecule has 0 spiro atoms. The molecule has 8 fully saturated rings. The summed E-state index contributed by atoms with van der Waals surface area (Å²) in [5.74, 6) is -1.84. The fourth-order valence-electron chi connectivity index (χ4n) is 16.5. The van der Waals surface area contributed by atoms with Gasteiger partial charge in [0.15, 0.2) is 37.2 Å². The Kier molecular flexibility index (Phi) is 20.9. The second-order valence-electron chi connectivity index (χ2n) is 26.4. The van der Waals surface area contributed by atoms with Crippen molar-refractivity contribution in [1.29, 1.82) is 0 Å². The fraction of sp³-hybridized carbons (Fsp3) is 0.812. The van der Waals surface area contributed by atoms with Crippen LogP contribution in [-0.4, -0.2) is 241 Å². The minimum atomic E-state index is -2.06. The van der Waals surface area contributed by atoms with Gasteiger partial charge in [0, 0.05) is 66.1 Å². The number of carbonyl (C=O) groups is 2. The van der Waals surface area contributed by atoms with Crippen LogP contribution in [0, 0.1) is 16.7 Å². The number of hydrogen-bond acceptors (Lipinski definition) is 24. The SMILES string of the molecule is CO[C@H]1C[C@H](O[C@H]2[C@@H](OC)C[C@H](O[C@H]3CC[C@@]4(C)C(=CC[C@]5(O)[C@@H]4C[C@@H](OC(=O)C=Cc4ccccc4)[C@@]4(C)[C@]5(O)CC[C@@]4(O)C(C)=O)C3)O[C@@H]2C)O[C@@H](C)[C@H]1O[C@H]1C[C@H](OC)[C@H](O[C@H]2C[C@@H](OC)[C@@H](O[C@@H]3O[C@H](CO)[C@@H](O)[C@H](O)[C@H]3O)[C@H](C)O2)[C@@H](C)O1. The average molecular weight is 1250 g/mol. The first-order valence-corrected chi connectivity index (χ1v) is 31.4. The highest BCUT2D eigenvalue weighted by atomic mass is 16.8. The van der Waals surface area contributed by atoms with E-state index < -0.39 is 187 Å². The molecule has 1 aromatic carbocycles. The molecule has 24 nitrogen and oxygen atoms in total. The minimum absolute atomic E-state index is 0.0639. The maximum atomic E-state index is 13.7. The molecule has 1 aromatic rings. The molecule has 496 valence electrons. The van der Waals surface area contributed by atoms with Crippen molar-refractivity contribution in [2.45, 2.75) is 277 Å². The second kappa shape index (κ2) is 27.1. The molecule has 24 heteroatoms. The number of benzene rings is 1. The number of fused-ring (bicyclic) bond motifs is 5. The Morgan fingerprint density at radius 2 is 1.11 bits per heavy atom. The van der Waals surface area contributed by atoms with Gasteiger partial charge < -0.3 is 107 Å². The predicted octanol–water partition coefficient (Wildman–Crippen LogP) is 3.06. The molecule has 4 aliphatic carbocycles. The summed E-state index contributed by atoms with van der Waals surface area (Å²) in [5, 5.41) is 79.2. The molecule has 0 bridgehead atoms. The zero-order valence-corrected chi connectivity index (χ0v) is 52.5. The van der Waals surface area contributed by atoms with Gasteiger partial charge in [0.25, 0.3) is 0 Å². The minimum Gasteiger partial charge on any atom is -0.458 e. The quantitative estimate of drug-likeness (QED) is 0.0595. The van der Waals surface area contributed by atoms with Crippen molar-refractivity contribution in [3.63, 3.8) is 0 Å². The zero-order valence-electron chi connectivity index (χ0n) is 52.5. The number of ether oxygens (including phenoxy) is 15. The molecule has 5 aliphatic heterocycles. The summed E-state index contributed by atoms with van der Waals surface area (Å²) in [5.41, 5.74) is -6.36. The number of rotatable bonds is 19. The number of aliphatic hydroxyl groups excluding tert-OH is 4. The zero-order chi connectivity index (χ0) is 63.4. The molecule has 0 unspecified atom stereocenters. The Morgan fingerprint density at radius 1 is 0.625 bits per heavy atom. The van der Waals surface area contributed by atoms with Crippen LogP contribution in [-0.2, 0) is 80.6 Å². The Balaban J connectivity index is 0.723. The standard InChI is InChI=1S/C64H96O24/c1-32-55(85-49-27-41(75-9)56(33(2)79-49)86-50-28-42(76-10)57(34(3)80-50)87-51-29-43(77-11)58(35(4)81-51)88-59-54(70)53(69)52(68)44(31-65)83-59)40(74-8)26-48(78-32)82-39-20-21-60(6)38(25-39)19-22-63(72)45(60)30-46(84-47(67)18-17-37-15-13-12-14-16-37)61(7)62(71,36(5)66)23-24-64(61,63)73/h12-19,32-35,39-46,48-59,65,68-73H,20-31H2,1-11H3/t32-,33+,34-,35+,39+,40+,41+,42+,43-,44-,45-,46-,48+,49+,50+,51+,52-,53+,54-,55-,56-,57-,58+,59+,60+,61-,62-,63+,64-/m1/s1. The summed E-state index contributed by atoms with van der Waals surface area (Å²) in [6, 6.07) is 9.27. The van der Waals surface area contributed by atoms with Crippen LogP contribution in [0.4, 0.5) is 0 Å². The third-order valence-electron chi connectivity index (χ3n) is 21.7. The lowest BCUT2D eigenvalue weighted by Crippen LogP contribution is -2.78. The Morgan fingerprint density at radius 3 is 1.59 bits per heavy atom. The van der Waals surface area contributed by atoms with Gasteiger partial charge in [0.2, 0.25) is 0 Å². The largest absolute Gasteiger partial charge is 0.458 e. The van der Waals surface area contributed by atoms with Crippen molar-refractivity contribution < 1.29 is 116 Å². The van der Waals surface area contributed by atoms with E-state index in [9.17, 15) is 45.3 Å². The molecule has 0 radical (unpaired) electrons. The molecule has 5 heterocycles. The van der Waals surface area contributed by atoms with E-state index in [2.05, 4.69) is 6.92 Å². The van der Waals surface area contributed by atoms with Crippen molar-refractivity contribution in [3.05, 3.63) is 53.6 Å². The van der Waals surface area contributed by atoms with Gasteiger partial charge in [-0.15, -0.1) is 0 Å². The number of methoxy groups -OCH3 is 4. The molecule has 0 amide bonds. The van der Waals surface area contributed by atoms with Crippen LogP contribution in [0.2, 0.25) is 0 Å². The van der Waals surface area contributed by atoms with Gasteiger partial charge in [-0.25, -0.2) is 4.79 Å². The van der Waals surface area contributed by atoms with Crippen molar-refractivity contribution >= 4 is 17.8 Å². The van der Waals surface area contributed by atoms with Gasteiger partial charge in [0.1, 0.15) is 71.7 Å². The van der Waals surface area contributed by atoms with Crippen LogP contribution in [0.3, 0.4) is 0 Å². The first-order chi connectivity index (χ1) is 41.8. The number of esters is 1. The Labute approximate surface area is 515 Å². The van der Waals surface area contributed by atoms with Crippen LogP contribution in [0.15, 0.2) is 48.1 Å². The van der Waals surface area contributed by atoms with E-state index in [1.165, 1.54) is 20.1 Å². The molecule has 10 rings (SSSR count). The lowest BCUT2D eigenvalue weighted by atomic mass is 9.42. The molecule has 5 saturated heterocycles. The first kappa shape index (κ1) is 67.9. The van der Waals surface area contributed by atoms with Crippen LogP contribution >= 0.6 is 0 Å². The highest BCUT2D eigenvalue weighted by molar-refractivity contribution is 5.88. The molecule has 9 aliphatic rings. The predicted molar refractivity (Wildman–Crippen MR) is 308 cm³/mol. The van der Waals surface area contributed by atoms with Crippen molar-refractivity contribution in [3.8, 4) is 0 Å². The molecule has 0 aromatic heterocycles.